The maximum Gasteiger partial charge on any atom is 0.256 e. The van der Waals surface area contributed by atoms with Crippen molar-refractivity contribution in [3.05, 3.63) is 21.7 Å². The number of aryl methyl sites for hydroxylation is 1. The first-order valence-electron chi connectivity index (χ1n) is 4.11. The third-order valence-electron chi connectivity index (χ3n) is 2.03. The summed E-state index contributed by atoms with van der Waals surface area (Å²) in [7, 11) is 0. The van der Waals surface area contributed by atoms with Crippen LogP contribution in [-0.4, -0.2) is 16.5 Å². The Bertz CT molecular complexity index is 356. The van der Waals surface area contributed by atoms with Crippen LogP contribution in [0.15, 0.2) is 4.79 Å². The summed E-state index contributed by atoms with van der Waals surface area (Å²) in [6, 6.07) is 0. The molecule has 0 unspecified atom stereocenters. The van der Waals surface area contributed by atoms with Crippen LogP contribution < -0.4 is 10.9 Å². The van der Waals surface area contributed by atoms with Gasteiger partial charge in [-0.15, -0.1) is 0 Å². The molecule has 1 aromatic heterocycles. The van der Waals surface area contributed by atoms with Gasteiger partial charge >= 0.3 is 0 Å². The van der Waals surface area contributed by atoms with Crippen molar-refractivity contribution >= 4 is 5.82 Å². The summed E-state index contributed by atoms with van der Waals surface area (Å²) in [4.78, 5) is 18.2. The molecular formula is C8H11N3O. The molecule has 2 heterocycles. The molecule has 0 atom stereocenters. The van der Waals surface area contributed by atoms with Crippen molar-refractivity contribution in [2.75, 3.05) is 11.9 Å². The first-order chi connectivity index (χ1) is 5.77. The van der Waals surface area contributed by atoms with Crippen LogP contribution in [0.2, 0.25) is 0 Å². The smallest absolute Gasteiger partial charge is 0.256 e. The van der Waals surface area contributed by atoms with Crippen LogP contribution >= 0.6 is 0 Å². The maximum absolute atomic E-state index is 11.3. The van der Waals surface area contributed by atoms with Gasteiger partial charge in [-0.05, 0) is 19.8 Å². The van der Waals surface area contributed by atoms with Crippen molar-refractivity contribution in [3.8, 4) is 0 Å². The Balaban J connectivity index is 2.60. The van der Waals surface area contributed by atoms with E-state index in [4.69, 9.17) is 0 Å². The van der Waals surface area contributed by atoms with Gasteiger partial charge in [0, 0.05) is 6.54 Å². The standard InChI is InChI=1S/C8H11N3O/c1-5-10-7-6(8(12)11-5)3-2-4-9-7/h2-4H2,1H3,(H2,9,10,11,12). The fraction of sp³-hybridized carbons (Fsp3) is 0.500. The minimum absolute atomic E-state index is 0.00435. The molecular weight excluding hydrogens is 154 g/mol. The summed E-state index contributed by atoms with van der Waals surface area (Å²) in [5.74, 6) is 1.44. The lowest BCUT2D eigenvalue weighted by atomic mass is 10.1. The minimum Gasteiger partial charge on any atom is -0.370 e. The average molecular weight is 165 g/mol. The van der Waals surface area contributed by atoms with Crippen molar-refractivity contribution in [2.24, 2.45) is 0 Å². The van der Waals surface area contributed by atoms with Gasteiger partial charge in [-0.2, -0.15) is 0 Å². The van der Waals surface area contributed by atoms with E-state index >= 15 is 0 Å². The van der Waals surface area contributed by atoms with Gasteiger partial charge < -0.3 is 10.3 Å². The van der Waals surface area contributed by atoms with Crippen LogP contribution in [0.4, 0.5) is 5.82 Å². The highest BCUT2D eigenvalue weighted by molar-refractivity contribution is 5.44. The quantitative estimate of drug-likeness (QED) is 0.586. The maximum atomic E-state index is 11.3. The van der Waals surface area contributed by atoms with E-state index < -0.39 is 0 Å². The van der Waals surface area contributed by atoms with Crippen LogP contribution in [0, 0.1) is 6.92 Å². The Labute approximate surface area is 70.0 Å². The number of anilines is 1. The first kappa shape index (κ1) is 7.34. The molecule has 0 saturated heterocycles. The van der Waals surface area contributed by atoms with Crippen LogP contribution in [0.3, 0.4) is 0 Å². The largest absolute Gasteiger partial charge is 0.370 e. The van der Waals surface area contributed by atoms with Crippen molar-refractivity contribution in [1.29, 1.82) is 0 Å². The molecule has 2 rings (SSSR count). The zero-order valence-corrected chi connectivity index (χ0v) is 6.98. The molecule has 0 aliphatic carbocycles. The fourth-order valence-corrected chi connectivity index (χ4v) is 1.46. The third-order valence-corrected chi connectivity index (χ3v) is 2.03. The van der Waals surface area contributed by atoms with Gasteiger partial charge in [0.25, 0.3) is 5.56 Å². The highest BCUT2D eigenvalue weighted by Crippen LogP contribution is 2.14. The van der Waals surface area contributed by atoms with Crippen molar-refractivity contribution in [1.82, 2.24) is 9.97 Å². The molecule has 64 valence electrons. The summed E-state index contributed by atoms with van der Waals surface area (Å²) in [5.41, 5.74) is 0.802. The monoisotopic (exact) mass is 165 g/mol. The number of aromatic amines is 1. The van der Waals surface area contributed by atoms with Crippen LogP contribution in [-0.2, 0) is 6.42 Å². The summed E-state index contributed by atoms with van der Waals surface area (Å²) >= 11 is 0. The second kappa shape index (κ2) is 2.62. The Morgan fingerprint density at radius 2 is 2.33 bits per heavy atom. The lowest BCUT2D eigenvalue weighted by Gasteiger charge is -2.15. The molecule has 0 radical (unpaired) electrons. The van der Waals surface area contributed by atoms with Gasteiger partial charge in [0.05, 0.1) is 5.56 Å². The summed E-state index contributed by atoms with van der Waals surface area (Å²) < 4.78 is 0. The number of H-pyrrole nitrogens is 1. The second-order valence-corrected chi connectivity index (χ2v) is 3.01. The topological polar surface area (TPSA) is 57.8 Å². The van der Waals surface area contributed by atoms with Crippen LogP contribution in [0.25, 0.3) is 0 Å². The fourth-order valence-electron chi connectivity index (χ4n) is 1.46. The number of nitrogens with one attached hydrogen (secondary N) is 2. The Kier molecular flexibility index (Phi) is 1.60. The van der Waals surface area contributed by atoms with Gasteiger partial charge in [0.2, 0.25) is 0 Å². The predicted molar refractivity (Wildman–Crippen MR) is 46.4 cm³/mol. The van der Waals surface area contributed by atoms with Gasteiger partial charge in [-0.1, -0.05) is 0 Å². The lowest BCUT2D eigenvalue weighted by molar-refractivity contribution is 0.790. The Morgan fingerprint density at radius 3 is 3.17 bits per heavy atom. The average Bonchev–Trinajstić information content (AvgIpc) is 2.04. The van der Waals surface area contributed by atoms with E-state index in [2.05, 4.69) is 15.3 Å². The number of hydrogen-bond donors (Lipinski definition) is 2. The first-order valence-corrected chi connectivity index (χ1v) is 4.11. The highest BCUT2D eigenvalue weighted by atomic mass is 16.1. The highest BCUT2D eigenvalue weighted by Gasteiger charge is 2.13. The number of fused-ring (bicyclic) bond motifs is 1. The van der Waals surface area contributed by atoms with E-state index in [1.807, 2.05) is 0 Å². The predicted octanol–water partition coefficient (Wildman–Crippen LogP) is 0.436. The molecule has 4 heteroatoms. The molecule has 1 aliphatic rings. The SMILES string of the molecule is Cc1nc2c(c(=O)[nH]1)CCCN2. The molecule has 12 heavy (non-hydrogen) atoms. The van der Waals surface area contributed by atoms with Crippen molar-refractivity contribution in [3.63, 3.8) is 0 Å². The molecule has 1 aromatic rings. The minimum atomic E-state index is 0.00435. The van der Waals surface area contributed by atoms with Gasteiger partial charge in [-0.3, -0.25) is 4.79 Å². The van der Waals surface area contributed by atoms with E-state index in [0.717, 1.165) is 30.8 Å². The Hall–Kier alpha value is -1.32. The van der Waals surface area contributed by atoms with Gasteiger partial charge in [-0.25, -0.2) is 4.98 Å². The molecule has 0 aromatic carbocycles. The normalized spacial score (nSPS) is 15.1. The molecule has 0 amide bonds. The number of nitrogens with zero attached hydrogens (tertiary/aromatic N) is 1. The van der Waals surface area contributed by atoms with Crippen LogP contribution in [0.5, 0.6) is 0 Å². The lowest BCUT2D eigenvalue weighted by Crippen LogP contribution is -2.24. The molecule has 0 fully saturated rings. The number of aromatic nitrogens is 2. The van der Waals surface area contributed by atoms with E-state index in [9.17, 15) is 4.79 Å². The Morgan fingerprint density at radius 1 is 1.50 bits per heavy atom. The molecule has 4 nitrogen and oxygen atoms in total. The zero-order chi connectivity index (χ0) is 8.55. The van der Waals surface area contributed by atoms with E-state index in [1.165, 1.54) is 0 Å². The molecule has 0 saturated carbocycles. The van der Waals surface area contributed by atoms with E-state index in [0.29, 0.717) is 5.82 Å². The van der Waals surface area contributed by atoms with Crippen LogP contribution in [0.1, 0.15) is 17.8 Å². The summed E-state index contributed by atoms with van der Waals surface area (Å²) in [6.45, 7) is 2.71. The zero-order valence-electron chi connectivity index (χ0n) is 6.98. The molecule has 0 spiro atoms. The molecule has 1 aliphatic heterocycles. The van der Waals surface area contributed by atoms with Gasteiger partial charge in [0.15, 0.2) is 0 Å². The van der Waals surface area contributed by atoms with Crippen molar-refractivity contribution < 1.29 is 0 Å². The summed E-state index contributed by atoms with van der Waals surface area (Å²) in [5, 5.41) is 3.11. The second-order valence-electron chi connectivity index (χ2n) is 3.01. The molecule has 2 N–H and O–H groups in total. The third kappa shape index (κ3) is 1.09. The van der Waals surface area contributed by atoms with E-state index in [1.54, 1.807) is 6.92 Å². The van der Waals surface area contributed by atoms with E-state index in [-0.39, 0.29) is 5.56 Å². The molecule has 0 bridgehead atoms. The number of rotatable bonds is 0. The summed E-state index contributed by atoms with van der Waals surface area (Å²) in [6.07, 6.45) is 1.85. The van der Waals surface area contributed by atoms with Gasteiger partial charge in [0.1, 0.15) is 11.6 Å². The van der Waals surface area contributed by atoms with Crippen molar-refractivity contribution in [2.45, 2.75) is 19.8 Å². The number of hydrogen-bond acceptors (Lipinski definition) is 3.